The Morgan fingerprint density at radius 2 is 1.92 bits per heavy atom. The van der Waals surface area contributed by atoms with Crippen LogP contribution in [0.1, 0.15) is 49.6 Å². The minimum absolute atomic E-state index is 0. The van der Waals surface area contributed by atoms with Gasteiger partial charge in [-0.3, -0.25) is 14.5 Å². The summed E-state index contributed by atoms with van der Waals surface area (Å²) < 4.78 is 5.27. The number of aromatic nitrogens is 1. The number of nitrogens with zero attached hydrogens (tertiary/aromatic N) is 2. The van der Waals surface area contributed by atoms with Crippen molar-refractivity contribution >= 4 is 64.5 Å². The van der Waals surface area contributed by atoms with Gasteiger partial charge in [0.1, 0.15) is 0 Å². The van der Waals surface area contributed by atoms with Gasteiger partial charge in [0.2, 0.25) is 5.91 Å². The number of carbonyl (C=O) groups is 3. The molecule has 3 N–H and O–H groups in total. The quantitative estimate of drug-likeness (QED) is 0.298. The van der Waals surface area contributed by atoms with E-state index in [1.807, 2.05) is 0 Å². The van der Waals surface area contributed by atoms with Gasteiger partial charge in [-0.1, -0.05) is 17.7 Å². The number of methoxy groups -OCH3 is 1. The molecule has 0 fully saturated rings. The third-order valence-corrected chi connectivity index (χ3v) is 7.67. The maximum absolute atomic E-state index is 13.2. The third-order valence-electron chi connectivity index (χ3n) is 6.34. The van der Waals surface area contributed by atoms with Crippen molar-refractivity contribution in [2.24, 2.45) is 0 Å². The number of amides is 2. The van der Waals surface area contributed by atoms with Crippen LogP contribution in [0.5, 0.6) is 0 Å². The number of aryl methyl sites for hydroxylation is 1. The van der Waals surface area contributed by atoms with E-state index in [0.29, 0.717) is 46.5 Å². The van der Waals surface area contributed by atoms with E-state index in [1.165, 1.54) is 23.5 Å². The van der Waals surface area contributed by atoms with Crippen LogP contribution in [0.15, 0.2) is 42.5 Å². The maximum Gasteiger partial charge on any atom is 0.335 e. The molecule has 0 bridgehead atoms. The lowest BCUT2D eigenvalue weighted by Gasteiger charge is -2.31. The van der Waals surface area contributed by atoms with Gasteiger partial charge in [0, 0.05) is 60.4 Å². The van der Waals surface area contributed by atoms with Crippen molar-refractivity contribution in [1.29, 1.82) is 0 Å². The maximum atomic E-state index is 13.2. The fourth-order valence-electron chi connectivity index (χ4n) is 4.26. The summed E-state index contributed by atoms with van der Waals surface area (Å²) in [6, 6.07) is 11.5. The average molecular weight is 594 g/mol. The number of benzene rings is 2. The van der Waals surface area contributed by atoms with E-state index in [9.17, 15) is 19.5 Å². The van der Waals surface area contributed by atoms with Gasteiger partial charge in [0.15, 0.2) is 5.01 Å². The first kappa shape index (κ1) is 30.5. The highest BCUT2D eigenvalue weighted by Gasteiger charge is 2.26. The lowest BCUT2D eigenvalue weighted by atomic mass is 10.0. The molecule has 2 heterocycles. The molecule has 1 aromatic heterocycles. The second-order valence-corrected chi connectivity index (χ2v) is 10.6. The van der Waals surface area contributed by atoms with Gasteiger partial charge >= 0.3 is 5.97 Å². The third kappa shape index (κ3) is 8.00. The summed E-state index contributed by atoms with van der Waals surface area (Å²) in [4.78, 5) is 45.1. The molecule has 4 rings (SSSR count). The van der Waals surface area contributed by atoms with Crippen LogP contribution in [0, 0.1) is 0 Å². The van der Waals surface area contributed by atoms with Gasteiger partial charge in [-0.2, -0.15) is 0 Å². The number of ether oxygens (including phenoxy) is 1. The molecule has 1 atom stereocenters. The van der Waals surface area contributed by atoms with E-state index >= 15 is 0 Å². The SMILES string of the molecule is COCC(C)N1CCc2nc(C(=O)Nc3cc(C(=O)O)ccc3CCC(=O)Nc3ccc(Cl)cc3)sc2C1.Cl. The van der Waals surface area contributed by atoms with Gasteiger partial charge in [0.05, 0.1) is 17.9 Å². The molecule has 0 radical (unpaired) electrons. The molecule has 1 aliphatic rings. The number of thiazole rings is 1. The van der Waals surface area contributed by atoms with Crippen LogP contribution in [0.2, 0.25) is 5.02 Å². The fraction of sp³-hybridized carbons (Fsp3) is 0.333. The molecule has 12 heteroatoms. The van der Waals surface area contributed by atoms with Crippen molar-refractivity contribution in [3.63, 3.8) is 0 Å². The lowest BCUT2D eigenvalue weighted by molar-refractivity contribution is -0.116. The molecule has 208 valence electrons. The van der Waals surface area contributed by atoms with Crippen molar-refractivity contribution in [2.75, 3.05) is 30.9 Å². The van der Waals surface area contributed by atoms with E-state index in [1.54, 1.807) is 37.4 Å². The first-order valence-corrected chi connectivity index (χ1v) is 13.4. The second kappa shape index (κ2) is 13.9. The molecule has 0 aliphatic carbocycles. The fourth-order valence-corrected chi connectivity index (χ4v) is 5.41. The van der Waals surface area contributed by atoms with Crippen molar-refractivity contribution < 1.29 is 24.2 Å². The van der Waals surface area contributed by atoms with Crippen LogP contribution in [-0.2, 0) is 28.9 Å². The van der Waals surface area contributed by atoms with Gasteiger partial charge in [-0.05, 0) is 55.3 Å². The highest BCUT2D eigenvalue weighted by Crippen LogP contribution is 2.28. The smallest absolute Gasteiger partial charge is 0.335 e. The van der Waals surface area contributed by atoms with Crippen LogP contribution in [0.3, 0.4) is 0 Å². The molecule has 2 amide bonds. The monoisotopic (exact) mass is 592 g/mol. The number of hydrogen-bond acceptors (Lipinski definition) is 7. The predicted octanol–water partition coefficient (Wildman–Crippen LogP) is 5.13. The first-order chi connectivity index (χ1) is 18.2. The standard InChI is InChI=1S/C27H29ClN4O5S.ClH/c1-16(15-37-2)32-12-11-21-23(14-32)38-26(31-21)25(34)30-22-13-18(27(35)36)4-3-17(22)5-10-24(33)29-20-8-6-19(28)7-9-20;/h3-4,6-9,13,16H,5,10-12,14-15H2,1-2H3,(H,29,33)(H,30,34)(H,35,36);1H. The van der Waals surface area contributed by atoms with E-state index in [4.69, 9.17) is 16.3 Å². The van der Waals surface area contributed by atoms with Crippen LogP contribution >= 0.6 is 35.3 Å². The van der Waals surface area contributed by atoms with Gasteiger partial charge in [0.25, 0.3) is 5.91 Å². The first-order valence-electron chi connectivity index (χ1n) is 12.2. The summed E-state index contributed by atoms with van der Waals surface area (Å²) in [6.45, 7) is 4.27. The Hall–Kier alpha value is -3.02. The summed E-state index contributed by atoms with van der Waals surface area (Å²) in [5.74, 6) is -1.73. The number of nitrogens with one attached hydrogen (secondary N) is 2. The largest absolute Gasteiger partial charge is 0.478 e. The molecule has 1 unspecified atom stereocenters. The number of fused-ring (bicyclic) bond motifs is 1. The molecule has 9 nitrogen and oxygen atoms in total. The van der Waals surface area contributed by atoms with E-state index in [2.05, 4.69) is 27.4 Å². The summed E-state index contributed by atoms with van der Waals surface area (Å²) in [6.07, 6.45) is 1.18. The summed E-state index contributed by atoms with van der Waals surface area (Å²) >= 11 is 7.23. The number of carboxylic acid groups (broad SMARTS) is 1. The molecule has 3 aromatic rings. The van der Waals surface area contributed by atoms with Crippen molar-refractivity contribution in [2.45, 2.75) is 38.8 Å². The molecule has 2 aromatic carbocycles. The molecular formula is C27H30Cl2N4O5S. The zero-order valence-electron chi connectivity index (χ0n) is 21.5. The number of anilines is 2. The van der Waals surface area contributed by atoms with E-state index < -0.39 is 11.9 Å². The van der Waals surface area contributed by atoms with Gasteiger partial charge < -0.3 is 20.5 Å². The predicted molar refractivity (Wildman–Crippen MR) is 155 cm³/mol. The Labute approximate surface area is 241 Å². The Kier molecular flexibility index (Phi) is 10.8. The van der Waals surface area contributed by atoms with Crippen molar-refractivity contribution in [1.82, 2.24) is 9.88 Å². The summed E-state index contributed by atoms with van der Waals surface area (Å²) in [5, 5.41) is 16.0. The Morgan fingerprint density at radius 1 is 1.18 bits per heavy atom. The number of rotatable bonds is 10. The topological polar surface area (TPSA) is 121 Å². The highest BCUT2D eigenvalue weighted by molar-refractivity contribution is 7.13. The highest BCUT2D eigenvalue weighted by atomic mass is 35.5. The zero-order chi connectivity index (χ0) is 27.2. The van der Waals surface area contributed by atoms with Crippen molar-refractivity contribution in [3.8, 4) is 0 Å². The van der Waals surface area contributed by atoms with Crippen LogP contribution in [0.25, 0.3) is 0 Å². The molecule has 39 heavy (non-hydrogen) atoms. The molecular weight excluding hydrogens is 563 g/mol. The van der Waals surface area contributed by atoms with E-state index in [0.717, 1.165) is 23.5 Å². The van der Waals surface area contributed by atoms with E-state index in [-0.39, 0.29) is 36.3 Å². The molecule has 1 aliphatic heterocycles. The zero-order valence-corrected chi connectivity index (χ0v) is 23.9. The number of carbonyl (C=O) groups excluding carboxylic acids is 2. The Morgan fingerprint density at radius 3 is 2.62 bits per heavy atom. The normalized spacial score (nSPS) is 13.6. The van der Waals surface area contributed by atoms with Crippen LogP contribution in [0.4, 0.5) is 11.4 Å². The minimum Gasteiger partial charge on any atom is -0.478 e. The lowest BCUT2D eigenvalue weighted by Crippen LogP contribution is -2.39. The Balaban J connectivity index is 0.00000420. The molecule has 0 spiro atoms. The van der Waals surface area contributed by atoms with Gasteiger partial charge in [-0.25, -0.2) is 9.78 Å². The summed E-state index contributed by atoms with van der Waals surface area (Å²) in [7, 11) is 1.68. The Bertz CT molecular complexity index is 1330. The average Bonchev–Trinajstić information content (AvgIpc) is 3.33. The van der Waals surface area contributed by atoms with Crippen LogP contribution in [-0.4, -0.2) is 59.1 Å². The minimum atomic E-state index is -1.11. The second-order valence-electron chi connectivity index (χ2n) is 9.10. The number of hydrogen-bond donors (Lipinski definition) is 3. The molecule has 0 saturated heterocycles. The number of halogens is 2. The number of aromatic carboxylic acids is 1. The van der Waals surface area contributed by atoms with Gasteiger partial charge in [-0.15, -0.1) is 23.7 Å². The van der Waals surface area contributed by atoms with Crippen molar-refractivity contribution in [3.05, 3.63) is 74.2 Å². The summed E-state index contributed by atoms with van der Waals surface area (Å²) in [5.41, 5.74) is 2.57. The van der Waals surface area contributed by atoms with Crippen LogP contribution < -0.4 is 10.6 Å². The molecule has 0 saturated carbocycles. The number of carboxylic acids is 1.